The molecular formula is C20H16OS. The molecule has 0 aliphatic carbocycles. The van der Waals surface area contributed by atoms with Gasteiger partial charge in [-0.1, -0.05) is 66.4 Å². The number of benzene rings is 3. The summed E-state index contributed by atoms with van der Waals surface area (Å²) >= 11 is 1.75. The first kappa shape index (κ1) is 14.6. The second-order valence-corrected chi connectivity index (χ2v) is 6.22. The number of carbonyl (C=O) groups is 1. The Balaban J connectivity index is 1.77. The van der Waals surface area contributed by atoms with Crippen molar-refractivity contribution in [3.8, 4) is 11.1 Å². The van der Waals surface area contributed by atoms with Crippen molar-refractivity contribution in [2.45, 2.75) is 16.7 Å². The Hall–Kier alpha value is -2.32. The van der Waals surface area contributed by atoms with E-state index in [1.54, 1.807) is 18.7 Å². The first-order valence-electron chi connectivity index (χ1n) is 7.17. The van der Waals surface area contributed by atoms with E-state index < -0.39 is 0 Å². The number of hydrogen-bond donors (Lipinski definition) is 0. The predicted octanol–water partition coefficient (Wildman–Crippen LogP) is 5.71. The second-order valence-electron chi connectivity index (χ2n) is 5.07. The van der Waals surface area contributed by atoms with Crippen LogP contribution >= 0.6 is 11.8 Å². The van der Waals surface area contributed by atoms with Gasteiger partial charge in [-0.15, -0.1) is 0 Å². The Kier molecular flexibility index (Phi) is 4.40. The number of ketones is 1. The Morgan fingerprint density at radius 3 is 1.73 bits per heavy atom. The fourth-order valence-electron chi connectivity index (χ4n) is 2.24. The molecule has 3 aromatic rings. The third-order valence-electron chi connectivity index (χ3n) is 3.46. The van der Waals surface area contributed by atoms with E-state index in [1.165, 1.54) is 9.79 Å². The van der Waals surface area contributed by atoms with E-state index in [-0.39, 0.29) is 5.78 Å². The van der Waals surface area contributed by atoms with Crippen LogP contribution in [0.15, 0.2) is 88.7 Å². The molecular weight excluding hydrogens is 288 g/mol. The normalized spacial score (nSPS) is 10.4. The maximum absolute atomic E-state index is 11.3. The van der Waals surface area contributed by atoms with Gasteiger partial charge in [0.25, 0.3) is 0 Å². The average molecular weight is 304 g/mol. The number of hydrogen-bond acceptors (Lipinski definition) is 2. The molecule has 0 saturated carbocycles. The monoisotopic (exact) mass is 304 g/mol. The first-order chi connectivity index (χ1) is 10.7. The molecule has 0 unspecified atom stereocenters. The zero-order valence-electron chi connectivity index (χ0n) is 12.3. The first-order valence-corrected chi connectivity index (χ1v) is 7.98. The smallest absolute Gasteiger partial charge is 0.159 e. The summed E-state index contributed by atoms with van der Waals surface area (Å²) in [6.45, 7) is 1.59. The molecule has 0 N–H and O–H groups in total. The molecule has 0 aliphatic heterocycles. The Morgan fingerprint density at radius 2 is 1.18 bits per heavy atom. The van der Waals surface area contributed by atoms with Crippen LogP contribution in [0.1, 0.15) is 17.3 Å². The third kappa shape index (κ3) is 3.46. The zero-order chi connectivity index (χ0) is 15.4. The van der Waals surface area contributed by atoms with Crippen molar-refractivity contribution in [3.05, 3.63) is 84.4 Å². The number of rotatable bonds is 4. The third-order valence-corrected chi connectivity index (χ3v) is 4.47. The molecule has 0 spiro atoms. The van der Waals surface area contributed by atoms with Gasteiger partial charge in [0.05, 0.1) is 0 Å². The van der Waals surface area contributed by atoms with Crippen LogP contribution < -0.4 is 0 Å². The molecule has 3 aromatic carbocycles. The van der Waals surface area contributed by atoms with Crippen LogP contribution in [0.4, 0.5) is 0 Å². The fraction of sp³-hybridized carbons (Fsp3) is 0.0500. The summed E-state index contributed by atoms with van der Waals surface area (Å²) in [6, 6.07) is 26.6. The topological polar surface area (TPSA) is 17.1 Å². The molecule has 22 heavy (non-hydrogen) atoms. The van der Waals surface area contributed by atoms with Crippen molar-refractivity contribution in [1.29, 1.82) is 0 Å². The lowest BCUT2D eigenvalue weighted by Crippen LogP contribution is -1.90. The van der Waals surface area contributed by atoms with Crippen molar-refractivity contribution >= 4 is 17.5 Å². The van der Waals surface area contributed by atoms with Crippen molar-refractivity contribution in [2.75, 3.05) is 0 Å². The second kappa shape index (κ2) is 6.63. The van der Waals surface area contributed by atoms with E-state index in [9.17, 15) is 4.79 Å². The Morgan fingerprint density at radius 1 is 0.682 bits per heavy atom. The molecule has 0 aromatic heterocycles. The number of Topliss-reactive ketones (excluding diaryl/α,β-unsaturated/α-hetero) is 1. The van der Waals surface area contributed by atoms with Gasteiger partial charge in [-0.3, -0.25) is 4.79 Å². The maximum atomic E-state index is 11.3. The molecule has 3 rings (SSSR count). The predicted molar refractivity (Wildman–Crippen MR) is 92.4 cm³/mol. The van der Waals surface area contributed by atoms with Gasteiger partial charge in [-0.25, -0.2) is 0 Å². The van der Waals surface area contributed by atoms with E-state index in [2.05, 4.69) is 36.4 Å². The molecule has 0 atom stereocenters. The summed E-state index contributed by atoms with van der Waals surface area (Å²) in [7, 11) is 0. The summed E-state index contributed by atoms with van der Waals surface area (Å²) in [6.07, 6.45) is 0. The van der Waals surface area contributed by atoms with Crippen LogP contribution in [0.2, 0.25) is 0 Å². The van der Waals surface area contributed by atoms with Crippen LogP contribution in [0.5, 0.6) is 0 Å². The molecule has 0 radical (unpaired) electrons. The van der Waals surface area contributed by atoms with Crippen LogP contribution in [-0.2, 0) is 0 Å². The summed E-state index contributed by atoms with van der Waals surface area (Å²) in [4.78, 5) is 13.8. The molecule has 0 saturated heterocycles. The molecule has 0 heterocycles. The highest BCUT2D eigenvalue weighted by molar-refractivity contribution is 7.99. The lowest BCUT2D eigenvalue weighted by atomic mass is 10.0. The highest BCUT2D eigenvalue weighted by atomic mass is 32.2. The van der Waals surface area contributed by atoms with E-state index in [4.69, 9.17) is 0 Å². The molecule has 0 fully saturated rings. The van der Waals surface area contributed by atoms with Crippen LogP contribution in [0, 0.1) is 0 Å². The lowest BCUT2D eigenvalue weighted by Gasteiger charge is -2.05. The summed E-state index contributed by atoms with van der Waals surface area (Å²) < 4.78 is 0. The minimum atomic E-state index is 0.0983. The van der Waals surface area contributed by atoms with Crippen LogP contribution in [-0.4, -0.2) is 5.78 Å². The minimum absolute atomic E-state index is 0.0983. The van der Waals surface area contributed by atoms with E-state index in [0.29, 0.717) is 0 Å². The lowest BCUT2D eigenvalue weighted by molar-refractivity contribution is 0.101. The number of carbonyl (C=O) groups excluding carboxylic acids is 1. The van der Waals surface area contributed by atoms with Gasteiger partial charge in [0.15, 0.2) is 5.78 Å². The van der Waals surface area contributed by atoms with Gasteiger partial charge in [0, 0.05) is 15.4 Å². The van der Waals surface area contributed by atoms with Crippen LogP contribution in [0.3, 0.4) is 0 Å². The quantitative estimate of drug-likeness (QED) is 0.574. The summed E-state index contributed by atoms with van der Waals surface area (Å²) in [5.74, 6) is 0.0983. The SMILES string of the molecule is CC(=O)c1ccc(-c2ccc(Sc3ccccc3)cc2)cc1. The highest BCUT2D eigenvalue weighted by Gasteiger charge is 2.02. The largest absolute Gasteiger partial charge is 0.295 e. The molecule has 1 nitrogen and oxygen atoms in total. The Bertz CT molecular complexity index is 759. The molecule has 0 bridgehead atoms. The van der Waals surface area contributed by atoms with Gasteiger partial charge in [-0.05, 0) is 42.3 Å². The van der Waals surface area contributed by atoms with E-state index >= 15 is 0 Å². The van der Waals surface area contributed by atoms with Gasteiger partial charge in [0.2, 0.25) is 0 Å². The molecule has 0 amide bonds. The molecule has 108 valence electrons. The molecule has 0 aliphatic rings. The van der Waals surface area contributed by atoms with Crippen LogP contribution in [0.25, 0.3) is 11.1 Å². The van der Waals surface area contributed by atoms with Crippen molar-refractivity contribution in [1.82, 2.24) is 0 Å². The van der Waals surface area contributed by atoms with Gasteiger partial charge in [-0.2, -0.15) is 0 Å². The van der Waals surface area contributed by atoms with Gasteiger partial charge >= 0.3 is 0 Å². The van der Waals surface area contributed by atoms with Crippen molar-refractivity contribution in [2.24, 2.45) is 0 Å². The standard InChI is InChI=1S/C20H16OS/c1-15(21)16-7-9-17(10-8-16)18-11-13-20(14-12-18)22-19-5-3-2-4-6-19/h2-14H,1H3. The Labute approximate surface area is 135 Å². The summed E-state index contributed by atoms with van der Waals surface area (Å²) in [5, 5.41) is 0. The fourth-order valence-corrected chi connectivity index (χ4v) is 3.07. The van der Waals surface area contributed by atoms with E-state index in [0.717, 1.165) is 16.7 Å². The summed E-state index contributed by atoms with van der Waals surface area (Å²) in [5.41, 5.74) is 3.04. The van der Waals surface area contributed by atoms with Crippen molar-refractivity contribution in [3.63, 3.8) is 0 Å². The molecule has 2 heteroatoms. The van der Waals surface area contributed by atoms with Gasteiger partial charge < -0.3 is 0 Å². The zero-order valence-corrected chi connectivity index (χ0v) is 13.1. The minimum Gasteiger partial charge on any atom is -0.295 e. The van der Waals surface area contributed by atoms with E-state index in [1.807, 2.05) is 42.5 Å². The van der Waals surface area contributed by atoms with Gasteiger partial charge in [0.1, 0.15) is 0 Å². The average Bonchev–Trinajstić information content (AvgIpc) is 2.57. The van der Waals surface area contributed by atoms with Crippen molar-refractivity contribution < 1.29 is 4.79 Å². The highest BCUT2D eigenvalue weighted by Crippen LogP contribution is 2.29. The maximum Gasteiger partial charge on any atom is 0.159 e.